The molecule has 0 atom stereocenters. The van der Waals surface area contributed by atoms with Gasteiger partial charge in [-0.1, -0.05) is 17.7 Å². The number of anilines is 1. The average Bonchev–Trinajstić information content (AvgIpc) is 2.97. The molecule has 4 nitrogen and oxygen atoms in total. The van der Waals surface area contributed by atoms with Crippen molar-refractivity contribution in [1.82, 2.24) is 4.98 Å². The minimum atomic E-state index is -4.54. The van der Waals surface area contributed by atoms with Crippen molar-refractivity contribution in [3.63, 3.8) is 0 Å². The quantitative estimate of drug-likeness (QED) is 0.605. The Hall–Kier alpha value is -2.67. The van der Waals surface area contributed by atoms with Crippen LogP contribution in [0.2, 0.25) is 5.02 Å². The third kappa shape index (κ3) is 4.54. The number of aromatic nitrogens is 1. The summed E-state index contributed by atoms with van der Waals surface area (Å²) < 4.78 is 44.6. The molecule has 1 amide bonds. The van der Waals surface area contributed by atoms with E-state index in [-0.39, 0.29) is 23.3 Å². The third-order valence-electron chi connectivity index (χ3n) is 3.95. The molecule has 0 bridgehead atoms. The monoisotopic (exact) mass is 396 g/mol. The summed E-state index contributed by atoms with van der Waals surface area (Å²) in [5.41, 5.74) is 1.47. The van der Waals surface area contributed by atoms with Crippen LogP contribution < -0.4 is 10.1 Å². The fourth-order valence-corrected chi connectivity index (χ4v) is 2.92. The molecular weight excluding hydrogens is 381 g/mol. The summed E-state index contributed by atoms with van der Waals surface area (Å²) in [6.07, 6.45) is -2.45. The molecule has 0 saturated heterocycles. The van der Waals surface area contributed by atoms with Crippen LogP contribution >= 0.6 is 11.6 Å². The Morgan fingerprint density at radius 3 is 2.70 bits per heavy atom. The summed E-state index contributed by atoms with van der Waals surface area (Å²) in [5, 5.41) is 3.55. The third-order valence-corrected chi connectivity index (χ3v) is 4.19. The zero-order valence-electron chi connectivity index (χ0n) is 14.3. The van der Waals surface area contributed by atoms with Gasteiger partial charge in [0.2, 0.25) is 5.91 Å². The minimum absolute atomic E-state index is 0.00177. The van der Waals surface area contributed by atoms with E-state index in [1.807, 2.05) is 18.2 Å². The number of hydrogen-bond acceptors (Lipinski definition) is 2. The number of hydrogen-bond donors (Lipinski definition) is 2. The molecule has 0 saturated carbocycles. The number of fused-ring (bicyclic) bond motifs is 1. The number of rotatable bonds is 5. The van der Waals surface area contributed by atoms with Crippen molar-refractivity contribution in [3.8, 4) is 5.75 Å². The van der Waals surface area contributed by atoms with Crippen LogP contribution in [0.15, 0.2) is 42.6 Å². The van der Waals surface area contributed by atoms with Crippen LogP contribution in [0.1, 0.15) is 18.1 Å². The topological polar surface area (TPSA) is 54.1 Å². The van der Waals surface area contributed by atoms with Gasteiger partial charge < -0.3 is 15.0 Å². The Labute approximate surface area is 158 Å². The van der Waals surface area contributed by atoms with Gasteiger partial charge >= 0.3 is 6.18 Å². The molecule has 8 heteroatoms. The zero-order chi connectivity index (χ0) is 19.6. The summed E-state index contributed by atoms with van der Waals surface area (Å²) >= 11 is 5.66. The molecule has 0 fully saturated rings. The van der Waals surface area contributed by atoms with E-state index in [4.69, 9.17) is 16.3 Å². The number of benzene rings is 2. The molecule has 1 heterocycles. The second-order valence-electron chi connectivity index (χ2n) is 6.00. The molecule has 0 radical (unpaired) electrons. The first-order valence-corrected chi connectivity index (χ1v) is 8.49. The normalized spacial score (nSPS) is 11.6. The van der Waals surface area contributed by atoms with Crippen molar-refractivity contribution >= 4 is 34.1 Å². The second kappa shape index (κ2) is 7.52. The molecule has 2 aromatic carbocycles. The fraction of sp³-hybridized carbons (Fsp3) is 0.211. The Balaban J connectivity index is 1.73. The van der Waals surface area contributed by atoms with Crippen molar-refractivity contribution in [2.45, 2.75) is 19.5 Å². The number of carbonyl (C=O) groups excluding carboxylic acids is 1. The SMILES string of the molecule is CC(=O)Nc1c[nH]c2ccc(CCOc3ccc(Cl)cc3C(F)(F)F)cc12. The number of H-pyrrole nitrogens is 1. The van der Waals surface area contributed by atoms with Crippen LogP contribution in [0.3, 0.4) is 0 Å². The summed E-state index contributed by atoms with van der Waals surface area (Å²) in [7, 11) is 0. The van der Waals surface area contributed by atoms with Gasteiger partial charge in [0.1, 0.15) is 5.75 Å². The average molecular weight is 397 g/mol. The van der Waals surface area contributed by atoms with Crippen LogP contribution in [0.25, 0.3) is 10.9 Å². The molecule has 0 aliphatic heterocycles. The highest BCUT2D eigenvalue weighted by Crippen LogP contribution is 2.37. The number of amides is 1. The van der Waals surface area contributed by atoms with Crippen molar-refractivity contribution < 1.29 is 22.7 Å². The Morgan fingerprint density at radius 2 is 2.00 bits per heavy atom. The number of halogens is 4. The van der Waals surface area contributed by atoms with E-state index in [1.54, 1.807) is 6.20 Å². The lowest BCUT2D eigenvalue weighted by molar-refractivity contribution is -0.139. The van der Waals surface area contributed by atoms with E-state index in [0.717, 1.165) is 22.5 Å². The zero-order valence-corrected chi connectivity index (χ0v) is 15.0. The maximum absolute atomic E-state index is 13.1. The maximum atomic E-state index is 13.1. The first kappa shape index (κ1) is 19.1. The lowest BCUT2D eigenvalue weighted by Crippen LogP contribution is -2.10. The van der Waals surface area contributed by atoms with Gasteiger partial charge in [-0.05, 0) is 35.9 Å². The summed E-state index contributed by atoms with van der Waals surface area (Å²) in [5.74, 6) is -0.444. The van der Waals surface area contributed by atoms with Gasteiger partial charge in [-0.25, -0.2) is 0 Å². The summed E-state index contributed by atoms with van der Waals surface area (Å²) in [4.78, 5) is 14.3. The molecular formula is C19H16ClF3N2O2. The highest BCUT2D eigenvalue weighted by Gasteiger charge is 2.34. The summed E-state index contributed by atoms with van der Waals surface area (Å²) in [6, 6.07) is 8.99. The lowest BCUT2D eigenvalue weighted by atomic mass is 10.1. The van der Waals surface area contributed by atoms with Gasteiger partial charge in [0.25, 0.3) is 0 Å². The van der Waals surface area contributed by atoms with Gasteiger partial charge in [0.15, 0.2) is 0 Å². The standard InChI is InChI=1S/C19H16ClF3N2O2/c1-11(26)25-17-10-24-16-4-2-12(8-14(16)17)6-7-27-18-5-3-13(20)9-15(18)19(21,22)23/h2-5,8-10,24H,6-7H2,1H3,(H,25,26). The van der Waals surface area contributed by atoms with E-state index in [1.165, 1.54) is 19.1 Å². The molecule has 0 unspecified atom stereocenters. The van der Waals surface area contributed by atoms with E-state index in [0.29, 0.717) is 12.1 Å². The minimum Gasteiger partial charge on any atom is -0.493 e. The van der Waals surface area contributed by atoms with Gasteiger partial charge in [0, 0.05) is 35.5 Å². The highest BCUT2D eigenvalue weighted by molar-refractivity contribution is 6.30. The molecule has 3 rings (SSSR count). The molecule has 0 spiro atoms. The van der Waals surface area contributed by atoms with E-state index >= 15 is 0 Å². The van der Waals surface area contributed by atoms with Gasteiger partial charge in [-0.15, -0.1) is 0 Å². The van der Waals surface area contributed by atoms with Crippen molar-refractivity contribution in [2.75, 3.05) is 11.9 Å². The van der Waals surface area contributed by atoms with Gasteiger partial charge in [0.05, 0.1) is 17.9 Å². The summed E-state index contributed by atoms with van der Waals surface area (Å²) in [6.45, 7) is 1.48. The van der Waals surface area contributed by atoms with Crippen LogP contribution in [0.4, 0.5) is 18.9 Å². The molecule has 0 aliphatic carbocycles. The number of aromatic amines is 1. The van der Waals surface area contributed by atoms with Crippen LogP contribution in [0.5, 0.6) is 5.75 Å². The van der Waals surface area contributed by atoms with Gasteiger partial charge in [-0.2, -0.15) is 13.2 Å². The molecule has 1 aromatic heterocycles. The molecule has 27 heavy (non-hydrogen) atoms. The first-order valence-electron chi connectivity index (χ1n) is 8.11. The molecule has 2 N–H and O–H groups in total. The molecule has 0 aliphatic rings. The Morgan fingerprint density at radius 1 is 1.22 bits per heavy atom. The predicted octanol–water partition coefficient (Wildman–Crippen LogP) is 5.42. The first-order chi connectivity index (χ1) is 12.7. The van der Waals surface area contributed by atoms with Crippen LogP contribution in [-0.4, -0.2) is 17.5 Å². The second-order valence-corrected chi connectivity index (χ2v) is 6.44. The Kier molecular flexibility index (Phi) is 5.32. The fourth-order valence-electron chi connectivity index (χ4n) is 2.74. The lowest BCUT2D eigenvalue weighted by Gasteiger charge is -2.14. The predicted molar refractivity (Wildman–Crippen MR) is 98.3 cm³/mol. The van der Waals surface area contributed by atoms with E-state index < -0.39 is 11.7 Å². The van der Waals surface area contributed by atoms with Gasteiger partial charge in [-0.3, -0.25) is 4.79 Å². The maximum Gasteiger partial charge on any atom is 0.420 e. The molecule has 3 aromatic rings. The van der Waals surface area contributed by atoms with Crippen LogP contribution in [-0.2, 0) is 17.4 Å². The smallest absolute Gasteiger partial charge is 0.420 e. The van der Waals surface area contributed by atoms with E-state index in [2.05, 4.69) is 10.3 Å². The number of nitrogens with one attached hydrogen (secondary N) is 2. The van der Waals surface area contributed by atoms with Crippen LogP contribution in [0, 0.1) is 0 Å². The largest absolute Gasteiger partial charge is 0.493 e. The van der Waals surface area contributed by atoms with Crippen molar-refractivity contribution in [3.05, 3.63) is 58.7 Å². The number of ether oxygens (including phenoxy) is 1. The Bertz CT molecular complexity index is 983. The molecule has 142 valence electrons. The van der Waals surface area contributed by atoms with E-state index in [9.17, 15) is 18.0 Å². The number of alkyl halides is 3. The highest BCUT2D eigenvalue weighted by atomic mass is 35.5. The van der Waals surface area contributed by atoms with Crippen molar-refractivity contribution in [1.29, 1.82) is 0 Å². The van der Waals surface area contributed by atoms with Crippen molar-refractivity contribution in [2.24, 2.45) is 0 Å². The number of carbonyl (C=O) groups is 1.